The summed E-state index contributed by atoms with van der Waals surface area (Å²) >= 11 is 0. The highest BCUT2D eigenvalue weighted by Gasteiger charge is 2.06. The van der Waals surface area contributed by atoms with E-state index in [-0.39, 0.29) is 5.91 Å². The zero-order valence-corrected chi connectivity index (χ0v) is 13.4. The lowest BCUT2D eigenvalue weighted by Crippen LogP contribution is -2.11. The molecule has 0 aliphatic heterocycles. The molecule has 0 aliphatic carbocycles. The summed E-state index contributed by atoms with van der Waals surface area (Å²) in [7, 11) is 0. The van der Waals surface area contributed by atoms with Gasteiger partial charge in [0.15, 0.2) is 0 Å². The maximum Gasteiger partial charge on any atom is 0.225 e. The van der Waals surface area contributed by atoms with E-state index in [0.717, 1.165) is 17.8 Å². The molecule has 4 nitrogen and oxygen atoms in total. The maximum atomic E-state index is 11.5. The molecule has 0 saturated carbocycles. The molecular formula is C18H23N3O. The lowest BCUT2D eigenvalue weighted by Gasteiger charge is -2.14. The number of amides is 1. The molecule has 0 fully saturated rings. The van der Waals surface area contributed by atoms with Gasteiger partial charge in [0.2, 0.25) is 5.91 Å². The van der Waals surface area contributed by atoms with Gasteiger partial charge in [-0.15, -0.1) is 0 Å². The molecule has 22 heavy (non-hydrogen) atoms. The predicted molar refractivity (Wildman–Crippen MR) is 91.6 cm³/mol. The molecule has 0 spiro atoms. The van der Waals surface area contributed by atoms with E-state index >= 15 is 0 Å². The van der Waals surface area contributed by atoms with E-state index in [1.165, 1.54) is 5.56 Å². The molecule has 0 saturated heterocycles. The SMILES string of the molecule is CCCC(=O)Nc1ccc(Nc2ccccc2C(C)C)cn1. The highest BCUT2D eigenvalue weighted by molar-refractivity contribution is 5.89. The van der Waals surface area contributed by atoms with E-state index < -0.39 is 0 Å². The van der Waals surface area contributed by atoms with Crippen LogP contribution in [0.25, 0.3) is 0 Å². The lowest BCUT2D eigenvalue weighted by molar-refractivity contribution is -0.116. The van der Waals surface area contributed by atoms with Gasteiger partial charge in [-0.3, -0.25) is 4.79 Å². The largest absolute Gasteiger partial charge is 0.354 e. The standard InChI is InChI=1S/C18H23N3O/c1-4-7-18(22)21-17-11-10-14(12-19-17)20-16-9-6-5-8-15(16)13(2)3/h5-6,8-13,20H,4,7H2,1-3H3,(H,19,21,22). The zero-order valence-electron chi connectivity index (χ0n) is 13.4. The van der Waals surface area contributed by atoms with Gasteiger partial charge in [0.1, 0.15) is 5.82 Å². The normalized spacial score (nSPS) is 10.5. The zero-order chi connectivity index (χ0) is 15.9. The van der Waals surface area contributed by atoms with Gasteiger partial charge in [-0.2, -0.15) is 0 Å². The van der Waals surface area contributed by atoms with Crippen LogP contribution < -0.4 is 10.6 Å². The first-order chi connectivity index (χ1) is 10.6. The minimum Gasteiger partial charge on any atom is -0.354 e. The Balaban J connectivity index is 2.07. The molecule has 0 unspecified atom stereocenters. The number of aromatic nitrogens is 1. The Bertz CT molecular complexity index is 620. The Morgan fingerprint density at radius 2 is 1.95 bits per heavy atom. The molecular weight excluding hydrogens is 274 g/mol. The van der Waals surface area contributed by atoms with Crippen molar-refractivity contribution in [3.63, 3.8) is 0 Å². The van der Waals surface area contributed by atoms with Gasteiger partial charge in [0.05, 0.1) is 11.9 Å². The van der Waals surface area contributed by atoms with Crippen LogP contribution in [0.15, 0.2) is 42.6 Å². The molecule has 0 aliphatic rings. The number of rotatable bonds is 6. The minimum atomic E-state index is 0.000799. The first kappa shape index (κ1) is 16.0. The predicted octanol–water partition coefficient (Wildman–Crippen LogP) is 4.69. The van der Waals surface area contributed by atoms with Crippen molar-refractivity contribution >= 4 is 23.1 Å². The number of pyridine rings is 1. The van der Waals surface area contributed by atoms with Gasteiger partial charge < -0.3 is 10.6 Å². The smallest absolute Gasteiger partial charge is 0.225 e. The molecule has 0 atom stereocenters. The molecule has 0 bridgehead atoms. The topological polar surface area (TPSA) is 54.0 Å². The number of carbonyl (C=O) groups excluding carboxylic acids is 1. The van der Waals surface area contributed by atoms with E-state index in [1.807, 2.05) is 31.2 Å². The molecule has 1 heterocycles. The van der Waals surface area contributed by atoms with E-state index in [1.54, 1.807) is 6.20 Å². The number of hydrogen-bond acceptors (Lipinski definition) is 3. The van der Waals surface area contributed by atoms with Crippen LogP contribution in [-0.4, -0.2) is 10.9 Å². The second-order valence-electron chi connectivity index (χ2n) is 5.60. The fourth-order valence-corrected chi connectivity index (χ4v) is 2.24. The fraction of sp³-hybridized carbons (Fsp3) is 0.333. The highest BCUT2D eigenvalue weighted by Crippen LogP contribution is 2.26. The molecule has 2 rings (SSSR count). The third-order valence-electron chi connectivity index (χ3n) is 3.37. The molecule has 2 N–H and O–H groups in total. The van der Waals surface area contributed by atoms with Crippen LogP contribution in [0.1, 0.15) is 45.1 Å². The summed E-state index contributed by atoms with van der Waals surface area (Å²) in [5.74, 6) is 1.03. The van der Waals surface area contributed by atoms with Gasteiger partial charge in [-0.1, -0.05) is 39.0 Å². The van der Waals surface area contributed by atoms with E-state index in [9.17, 15) is 4.79 Å². The van der Waals surface area contributed by atoms with Gasteiger partial charge in [-0.25, -0.2) is 4.98 Å². The fourth-order valence-electron chi connectivity index (χ4n) is 2.24. The Morgan fingerprint density at radius 1 is 1.18 bits per heavy atom. The molecule has 1 amide bonds. The summed E-state index contributed by atoms with van der Waals surface area (Å²) in [6.45, 7) is 6.32. The van der Waals surface area contributed by atoms with Crippen LogP contribution in [0, 0.1) is 0 Å². The first-order valence-electron chi connectivity index (χ1n) is 7.72. The summed E-state index contributed by atoms with van der Waals surface area (Å²) in [6, 6.07) is 12.0. The molecule has 0 radical (unpaired) electrons. The summed E-state index contributed by atoms with van der Waals surface area (Å²) < 4.78 is 0. The Morgan fingerprint density at radius 3 is 2.59 bits per heavy atom. The van der Waals surface area contributed by atoms with Gasteiger partial charge >= 0.3 is 0 Å². The average Bonchev–Trinajstić information content (AvgIpc) is 2.50. The average molecular weight is 297 g/mol. The summed E-state index contributed by atoms with van der Waals surface area (Å²) in [6.07, 6.45) is 3.08. The maximum absolute atomic E-state index is 11.5. The van der Waals surface area contributed by atoms with Crippen molar-refractivity contribution in [2.45, 2.75) is 39.5 Å². The summed E-state index contributed by atoms with van der Waals surface area (Å²) in [5.41, 5.74) is 3.26. The molecule has 4 heteroatoms. The van der Waals surface area contributed by atoms with Crippen molar-refractivity contribution in [2.24, 2.45) is 0 Å². The van der Waals surface area contributed by atoms with Crippen molar-refractivity contribution in [3.05, 3.63) is 48.2 Å². The van der Waals surface area contributed by atoms with Crippen LogP contribution >= 0.6 is 0 Å². The number of benzene rings is 1. The van der Waals surface area contributed by atoms with Gasteiger partial charge in [-0.05, 0) is 36.1 Å². The number of para-hydroxylation sites is 1. The lowest BCUT2D eigenvalue weighted by atomic mass is 10.0. The van der Waals surface area contributed by atoms with Crippen molar-refractivity contribution < 1.29 is 4.79 Å². The third kappa shape index (κ3) is 4.32. The van der Waals surface area contributed by atoms with Crippen molar-refractivity contribution in [2.75, 3.05) is 10.6 Å². The Kier molecular flexibility index (Phi) is 5.53. The molecule has 2 aromatic rings. The summed E-state index contributed by atoms with van der Waals surface area (Å²) in [5, 5.41) is 6.17. The van der Waals surface area contributed by atoms with Crippen LogP contribution in [0.3, 0.4) is 0 Å². The second-order valence-corrected chi connectivity index (χ2v) is 5.60. The van der Waals surface area contributed by atoms with E-state index in [4.69, 9.17) is 0 Å². The highest BCUT2D eigenvalue weighted by atomic mass is 16.1. The number of nitrogens with one attached hydrogen (secondary N) is 2. The van der Waals surface area contributed by atoms with Gasteiger partial charge in [0.25, 0.3) is 0 Å². The van der Waals surface area contributed by atoms with Crippen LogP contribution in [0.4, 0.5) is 17.2 Å². The van der Waals surface area contributed by atoms with Crippen molar-refractivity contribution in [1.29, 1.82) is 0 Å². The monoisotopic (exact) mass is 297 g/mol. The van der Waals surface area contributed by atoms with E-state index in [0.29, 0.717) is 18.2 Å². The van der Waals surface area contributed by atoms with Crippen LogP contribution in [0.2, 0.25) is 0 Å². The summed E-state index contributed by atoms with van der Waals surface area (Å²) in [4.78, 5) is 15.8. The minimum absolute atomic E-state index is 0.000799. The Labute approximate surface area is 132 Å². The van der Waals surface area contributed by atoms with Crippen molar-refractivity contribution in [1.82, 2.24) is 4.98 Å². The first-order valence-corrected chi connectivity index (χ1v) is 7.72. The van der Waals surface area contributed by atoms with Crippen molar-refractivity contribution in [3.8, 4) is 0 Å². The third-order valence-corrected chi connectivity index (χ3v) is 3.37. The number of hydrogen-bond donors (Lipinski definition) is 2. The molecule has 1 aromatic carbocycles. The van der Waals surface area contributed by atoms with Crippen LogP contribution in [0.5, 0.6) is 0 Å². The number of nitrogens with zero attached hydrogens (tertiary/aromatic N) is 1. The molecule has 1 aromatic heterocycles. The Hall–Kier alpha value is -2.36. The van der Waals surface area contributed by atoms with Gasteiger partial charge in [0, 0.05) is 12.1 Å². The number of carbonyl (C=O) groups is 1. The second kappa shape index (κ2) is 7.59. The number of anilines is 3. The quantitative estimate of drug-likeness (QED) is 0.813. The van der Waals surface area contributed by atoms with E-state index in [2.05, 4.69) is 41.6 Å². The van der Waals surface area contributed by atoms with Crippen LogP contribution in [-0.2, 0) is 4.79 Å². The molecule has 116 valence electrons.